The normalized spacial score (nSPS) is 35.2. The van der Waals surface area contributed by atoms with E-state index in [1.54, 1.807) is 0 Å². The summed E-state index contributed by atoms with van der Waals surface area (Å²) in [4.78, 5) is 0. The molecule has 122 valence electrons. The molecule has 1 saturated heterocycles. The number of rotatable bonds is 4. The Hall–Kier alpha value is -2.28. The van der Waals surface area contributed by atoms with Crippen LogP contribution in [-0.2, 0) is 9.47 Å². The molecule has 4 N–H and O–H groups in total. The second-order valence-corrected chi connectivity index (χ2v) is 4.95. The Labute approximate surface area is 131 Å². The third-order valence-electron chi connectivity index (χ3n) is 3.80. The van der Waals surface area contributed by atoms with Crippen LogP contribution in [-0.4, -0.2) is 64.3 Å². The van der Waals surface area contributed by atoms with Crippen molar-refractivity contribution in [1.82, 2.24) is 0 Å². The van der Waals surface area contributed by atoms with Crippen LogP contribution in [0.3, 0.4) is 0 Å². The van der Waals surface area contributed by atoms with Crippen molar-refractivity contribution < 1.29 is 29.9 Å². The Morgan fingerprint density at radius 2 is 1.74 bits per heavy atom. The van der Waals surface area contributed by atoms with E-state index in [2.05, 4.69) is 0 Å². The fourth-order valence-electron chi connectivity index (χ4n) is 2.48. The van der Waals surface area contributed by atoms with Crippen LogP contribution >= 0.6 is 0 Å². The molecule has 0 radical (unpaired) electrons. The van der Waals surface area contributed by atoms with Crippen molar-refractivity contribution in [3.05, 3.63) is 0 Å². The van der Waals surface area contributed by atoms with E-state index in [0.717, 1.165) is 7.11 Å². The molecule has 6 atom stereocenters. The number of hydrogen-bond donors (Lipinski definition) is 4. The van der Waals surface area contributed by atoms with Crippen molar-refractivity contribution in [1.29, 1.82) is 21.0 Å². The third-order valence-corrected chi connectivity index (χ3v) is 3.80. The average molecular weight is 322 g/mol. The number of methoxy groups -OCH3 is 1. The second kappa shape index (κ2) is 6.87. The van der Waals surface area contributed by atoms with Crippen molar-refractivity contribution in [3.8, 4) is 24.3 Å². The monoisotopic (exact) mass is 322 g/mol. The summed E-state index contributed by atoms with van der Waals surface area (Å²) < 4.78 is 9.92. The Kier molecular flexibility index (Phi) is 5.60. The first-order chi connectivity index (χ1) is 10.8. The number of aliphatic hydroxyl groups is 4. The highest BCUT2D eigenvalue weighted by atomic mass is 16.7. The highest BCUT2D eigenvalue weighted by molar-refractivity contribution is 5.35. The summed E-state index contributed by atoms with van der Waals surface area (Å²) in [6.45, 7) is -0.731. The molecule has 0 aromatic heterocycles. The van der Waals surface area contributed by atoms with Crippen LogP contribution in [0.2, 0.25) is 0 Å². The highest BCUT2D eigenvalue weighted by Gasteiger charge is 2.65. The first kappa shape index (κ1) is 18.8. The fraction of sp³-hybridized carbons (Fsp3) is 0.692. The van der Waals surface area contributed by atoms with Gasteiger partial charge in [0, 0.05) is 7.11 Å². The molecule has 10 nitrogen and oxygen atoms in total. The van der Waals surface area contributed by atoms with E-state index in [9.17, 15) is 20.6 Å². The molecule has 1 aliphatic heterocycles. The van der Waals surface area contributed by atoms with Gasteiger partial charge >= 0.3 is 0 Å². The minimum Gasteiger partial charge on any atom is -0.394 e. The molecule has 23 heavy (non-hydrogen) atoms. The van der Waals surface area contributed by atoms with Crippen molar-refractivity contribution in [2.24, 2.45) is 11.3 Å². The number of nitrogens with zero attached hydrogens (tertiary/aromatic N) is 4. The number of nitriles is 4. The van der Waals surface area contributed by atoms with Gasteiger partial charge in [-0.3, -0.25) is 0 Å². The smallest absolute Gasteiger partial charge is 0.247 e. The molecule has 0 aromatic rings. The van der Waals surface area contributed by atoms with Crippen LogP contribution in [0.25, 0.3) is 0 Å². The SMILES string of the molecule is CO[C@H]1O[C@H](CO)[C@@H](O)[C@H](O)[C@]1(O)C(C#N)C(C#N)(C#N)C#N. The van der Waals surface area contributed by atoms with Gasteiger partial charge in [-0.25, -0.2) is 0 Å². The fourth-order valence-corrected chi connectivity index (χ4v) is 2.48. The molecule has 1 aliphatic rings. The van der Waals surface area contributed by atoms with E-state index < -0.39 is 48.1 Å². The zero-order chi connectivity index (χ0) is 17.8. The van der Waals surface area contributed by atoms with E-state index in [0.29, 0.717) is 0 Å². The lowest BCUT2D eigenvalue weighted by Gasteiger charge is -2.49. The number of hydrogen-bond acceptors (Lipinski definition) is 10. The lowest BCUT2D eigenvalue weighted by Crippen LogP contribution is -2.71. The van der Waals surface area contributed by atoms with Gasteiger partial charge < -0.3 is 29.9 Å². The van der Waals surface area contributed by atoms with Gasteiger partial charge in [0.25, 0.3) is 0 Å². The molecular weight excluding hydrogens is 308 g/mol. The zero-order valence-corrected chi connectivity index (χ0v) is 12.0. The molecule has 0 aliphatic carbocycles. The molecule has 1 unspecified atom stereocenters. The van der Waals surface area contributed by atoms with Gasteiger partial charge in [0.05, 0.1) is 12.7 Å². The molecule has 1 fully saturated rings. The van der Waals surface area contributed by atoms with Crippen LogP contribution in [0.5, 0.6) is 0 Å². The highest BCUT2D eigenvalue weighted by Crippen LogP contribution is 2.43. The quantitative estimate of drug-likeness (QED) is 0.429. The zero-order valence-electron chi connectivity index (χ0n) is 12.0. The molecule has 0 saturated carbocycles. The van der Waals surface area contributed by atoms with Crippen molar-refractivity contribution in [2.45, 2.75) is 30.2 Å². The maximum absolute atomic E-state index is 10.8. The van der Waals surface area contributed by atoms with E-state index in [1.807, 2.05) is 0 Å². The first-order valence-corrected chi connectivity index (χ1v) is 6.33. The lowest BCUT2D eigenvalue weighted by molar-refractivity contribution is -0.347. The Morgan fingerprint density at radius 3 is 2.09 bits per heavy atom. The molecule has 10 heteroatoms. The van der Waals surface area contributed by atoms with E-state index >= 15 is 0 Å². The predicted molar refractivity (Wildman–Crippen MR) is 68.1 cm³/mol. The van der Waals surface area contributed by atoms with Gasteiger partial charge in [-0.05, 0) is 0 Å². The summed E-state index contributed by atoms with van der Waals surface area (Å²) in [6, 6.07) is 5.45. The van der Waals surface area contributed by atoms with E-state index in [1.165, 1.54) is 24.3 Å². The topological polar surface area (TPSA) is 195 Å². The van der Waals surface area contributed by atoms with Crippen LogP contribution in [0.15, 0.2) is 0 Å². The predicted octanol–water partition coefficient (Wildman–Crippen LogP) is -2.50. The van der Waals surface area contributed by atoms with E-state index in [4.69, 9.17) is 30.4 Å². The van der Waals surface area contributed by atoms with E-state index in [-0.39, 0.29) is 0 Å². The summed E-state index contributed by atoms with van der Waals surface area (Å²) in [5.41, 5.74) is -5.41. The van der Waals surface area contributed by atoms with Crippen molar-refractivity contribution in [3.63, 3.8) is 0 Å². The summed E-state index contributed by atoms with van der Waals surface area (Å²) in [5.74, 6) is -2.09. The van der Waals surface area contributed by atoms with Crippen LogP contribution in [0.1, 0.15) is 0 Å². The van der Waals surface area contributed by atoms with Gasteiger partial charge in [0.2, 0.25) is 5.41 Å². The molecule has 0 bridgehead atoms. The van der Waals surface area contributed by atoms with Gasteiger partial charge in [-0.15, -0.1) is 0 Å². The van der Waals surface area contributed by atoms with Gasteiger partial charge in [-0.2, -0.15) is 21.0 Å². The van der Waals surface area contributed by atoms with Gasteiger partial charge in [0.15, 0.2) is 11.9 Å². The summed E-state index contributed by atoms with van der Waals surface area (Å²) in [5, 5.41) is 76.6. The number of ether oxygens (including phenoxy) is 2. The summed E-state index contributed by atoms with van der Waals surface area (Å²) in [7, 11) is 1.04. The Bertz CT molecular complexity index is 574. The van der Waals surface area contributed by atoms with Crippen LogP contribution in [0.4, 0.5) is 0 Å². The molecule has 0 spiro atoms. The van der Waals surface area contributed by atoms with Crippen molar-refractivity contribution >= 4 is 0 Å². The maximum atomic E-state index is 10.8. The largest absolute Gasteiger partial charge is 0.394 e. The van der Waals surface area contributed by atoms with Crippen LogP contribution in [0, 0.1) is 56.7 Å². The van der Waals surface area contributed by atoms with Crippen molar-refractivity contribution in [2.75, 3.05) is 13.7 Å². The Balaban J connectivity index is 3.51. The summed E-state index contributed by atoms with van der Waals surface area (Å²) in [6.07, 6.45) is -7.09. The second-order valence-electron chi connectivity index (χ2n) is 4.95. The summed E-state index contributed by atoms with van der Waals surface area (Å²) >= 11 is 0. The molecular formula is C13H14N4O6. The molecule has 0 amide bonds. The molecule has 1 rings (SSSR count). The molecule has 1 heterocycles. The van der Waals surface area contributed by atoms with Crippen LogP contribution < -0.4 is 0 Å². The number of aliphatic hydroxyl groups excluding tert-OH is 3. The molecule has 0 aromatic carbocycles. The maximum Gasteiger partial charge on any atom is 0.247 e. The van der Waals surface area contributed by atoms with Gasteiger partial charge in [0.1, 0.15) is 42.4 Å². The average Bonchev–Trinajstić information content (AvgIpc) is 2.58. The minimum atomic E-state index is -2.77. The third kappa shape index (κ3) is 2.61. The lowest BCUT2D eigenvalue weighted by atomic mass is 9.65. The minimum absolute atomic E-state index is 0.731. The first-order valence-electron chi connectivity index (χ1n) is 6.33. The van der Waals surface area contributed by atoms with Gasteiger partial charge in [-0.1, -0.05) is 0 Å². The standard InChI is InChI=1S/C13H14N4O6/c1-22-11-13(21,10(20)9(19)7(3-18)23-11)8(2-14)12(4-15,5-16)6-17/h7-11,18-21H,3H2,1H3/t7-,8?,9-,10+,11+,13-/m1/s1. The Morgan fingerprint density at radius 1 is 1.22 bits per heavy atom.